The van der Waals surface area contributed by atoms with Crippen LogP contribution in [-0.2, 0) is 9.84 Å². The predicted octanol–water partition coefficient (Wildman–Crippen LogP) is 4.59. The molecule has 1 fully saturated rings. The molecule has 1 saturated heterocycles. The normalized spacial score (nSPS) is 17.9. The monoisotopic (exact) mass is 477 g/mol. The number of hydrogen-bond acceptors (Lipinski definition) is 5. The van der Waals surface area contributed by atoms with Gasteiger partial charge in [0.25, 0.3) is 0 Å². The molecule has 1 atom stereocenters. The van der Waals surface area contributed by atoms with E-state index >= 15 is 0 Å². The van der Waals surface area contributed by atoms with E-state index in [1.807, 2.05) is 60.4 Å². The fourth-order valence-electron chi connectivity index (χ4n) is 4.25. The minimum absolute atomic E-state index is 0.00238. The molecule has 0 aliphatic carbocycles. The molecule has 0 bridgehead atoms. The van der Waals surface area contributed by atoms with Gasteiger partial charge in [0.1, 0.15) is 0 Å². The van der Waals surface area contributed by atoms with Crippen molar-refractivity contribution in [3.63, 3.8) is 0 Å². The van der Waals surface area contributed by atoms with Gasteiger partial charge in [-0.1, -0.05) is 29.4 Å². The van der Waals surface area contributed by atoms with E-state index in [0.717, 1.165) is 27.8 Å². The summed E-state index contributed by atoms with van der Waals surface area (Å²) in [4.78, 5) is 17.4. The largest absolute Gasteiger partial charge is 0.344 e. The summed E-state index contributed by atoms with van der Waals surface area (Å²) in [6.45, 7) is 5.78. The molecule has 0 N–H and O–H groups in total. The summed E-state index contributed by atoms with van der Waals surface area (Å²) in [6, 6.07) is 7.49. The molecule has 31 heavy (non-hydrogen) atoms. The first-order valence-corrected chi connectivity index (χ1v) is 13.2. The summed E-state index contributed by atoms with van der Waals surface area (Å²) < 4.78 is 27.8. The highest BCUT2D eigenvalue weighted by Gasteiger charge is 2.31. The number of rotatable bonds is 6. The lowest BCUT2D eigenvalue weighted by Crippen LogP contribution is -2.14. The Hall–Kier alpha value is -2.03. The van der Waals surface area contributed by atoms with E-state index in [4.69, 9.17) is 11.6 Å². The van der Waals surface area contributed by atoms with Crippen LogP contribution < -0.4 is 0 Å². The molecule has 9 heteroatoms. The number of sulfone groups is 1. The van der Waals surface area contributed by atoms with Crippen LogP contribution >= 0.6 is 23.4 Å². The minimum Gasteiger partial charge on any atom is -0.344 e. The summed E-state index contributed by atoms with van der Waals surface area (Å²) in [5.74, 6) is 0.591. The molecular weight excluding hydrogens is 454 g/mol. The number of ketones is 1. The van der Waals surface area contributed by atoms with Crippen LogP contribution in [0.4, 0.5) is 0 Å². The van der Waals surface area contributed by atoms with Gasteiger partial charge in [-0.2, -0.15) is 0 Å². The third kappa shape index (κ3) is 4.33. The molecule has 1 unspecified atom stereocenters. The lowest BCUT2D eigenvalue weighted by molar-refractivity contribution is 0.102. The van der Waals surface area contributed by atoms with E-state index in [1.165, 1.54) is 11.8 Å². The van der Waals surface area contributed by atoms with Crippen LogP contribution in [0.1, 0.15) is 39.8 Å². The average molecular weight is 478 g/mol. The zero-order chi connectivity index (χ0) is 22.3. The highest BCUT2D eigenvalue weighted by atomic mass is 35.5. The minimum atomic E-state index is -3.00. The first-order chi connectivity index (χ1) is 14.7. The van der Waals surface area contributed by atoms with Crippen molar-refractivity contribution in [3.8, 4) is 5.69 Å². The first kappa shape index (κ1) is 22.2. The molecule has 3 aromatic rings. The number of benzene rings is 1. The molecule has 0 amide bonds. The smallest absolute Gasteiger partial charge is 0.175 e. The van der Waals surface area contributed by atoms with Gasteiger partial charge in [-0.3, -0.25) is 9.36 Å². The van der Waals surface area contributed by atoms with Crippen molar-refractivity contribution in [1.29, 1.82) is 0 Å². The van der Waals surface area contributed by atoms with Crippen LogP contribution in [-0.4, -0.2) is 45.6 Å². The van der Waals surface area contributed by atoms with E-state index < -0.39 is 9.84 Å². The molecule has 1 aliphatic rings. The summed E-state index contributed by atoms with van der Waals surface area (Å²) in [5, 5.41) is 1.40. The molecule has 3 heterocycles. The van der Waals surface area contributed by atoms with Crippen LogP contribution in [0.25, 0.3) is 5.69 Å². The number of aromatic nitrogens is 3. The number of carbonyl (C=O) groups excluding carboxylic acids is 1. The van der Waals surface area contributed by atoms with Gasteiger partial charge in [0.05, 0.1) is 22.9 Å². The molecule has 4 rings (SSSR count). The number of hydrogen-bond donors (Lipinski definition) is 0. The molecular formula is C22H24ClN3O3S2. The zero-order valence-electron chi connectivity index (χ0n) is 17.6. The highest BCUT2D eigenvalue weighted by molar-refractivity contribution is 7.99. The van der Waals surface area contributed by atoms with E-state index in [1.54, 1.807) is 6.20 Å². The van der Waals surface area contributed by atoms with Crippen molar-refractivity contribution in [1.82, 2.24) is 14.1 Å². The standard InChI is InChI=1S/C22H24ClN3O3S2/c1-14-11-18(16(3)26(14)17-7-10-31(28,29)13-17)21(27)12-30-22-24-8-9-25(22)20-6-4-5-19(23)15(20)2/h4-6,8-9,11,17H,7,10,12-13H2,1-3H3. The molecule has 0 spiro atoms. The maximum Gasteiger partial charge on any atom is 0.175 e. The van der Waals surface area contributed by atoms with Gasteiger partial charge in [-0.05, 0) is 51.0 Å². The Balaban J connectivity index is 1.53. The SMILES string of the molecule is Cc1c(Cl)cccc1-n1ccnc1SCC(=O)c1cc(C)n(C2CCS(=O)(=O)C2)c1C. The number of thioether (sulfide) groups is 1. The number of imidazole rings is 1. The maximum absolute atomic E-state index is 13.0. The van der Waals surface area contributed by atoms with Crippen molar-refractivity contribution in [2.75, 3.05) is 17.3 Å². The lowest BCUT2D eigenvalue weighted by atomic mass is 10.2. The zero-order valence-corrected chi connectivity index (χ0v) is 20.0. The second kappa shape index (κ2) is 8.48. The predicted molar refractivity (Wildman–Crippen MR) is 125 cm³/mol. The topological polar surface area (TPSA) is 74.0 Å². The van der Waals surface area contributed by atoms with Crippen molar-refractivity contribution in [3.05, 3.63) is 64.2 Å². The van der Waals surface area contributed by atoms with Crippen molar-refractivity contribution < 1.29 is 13.2 Å². The Bertz CT molecular complexity index is 1260. The Kier molecular flexibility index (Phi) is 6.07. The third-order valence-corrected chi connectivity index (χ3v) is 8.92. The second-order valence-electron chi connectivity index (χ2n) is 7.89. The molecule has 0 radical (unpaired) electrons. The van der Waals surface area contributed by atoms with Crippen molar-refractivity contribution in [2.24, 2.45) is 0 Å². The van der Waals surface area contributed by atoms with Crippen LogP contribution in [0.15, 0.2) is 41.8 Å². The first-order valence-electron chi connectivity index (χ1n) is 10.0. The van der Waals surface area contributed by atoms with Crippen molar-refractivity contribution >= 4 is 39.0 Å². The van der Waals surface area contributed by atoms with E-state index in [9.17, 15) is 13.2 Å². The van der Waals surface area contributed by atoms with Crippen LogP contribution in [0.5, 0.6) is 0 Å². The van der Waals surface area contributed by atoms with Gasteiger partial charge < -0.3 is 4.57 Å². The average Bonchev–Trinajstić information content (AvgIpc) is 3.39. The second-order valence-corrected chi connectivity index (χ2v) is 11.5. The van der Waals surface area contributed by atoms with E-state index in [-0.39, 0.29) is 29.1 Å². The van der Waals surface area contributed by atoms with E-state index in [0.29, 0.717) is 17.0 Å². The summed E-state index contributed by atoms with van der Waals surface area (Å²) in [6.07, 6.45) is 4.16. The Labute approximate surface area is 191 Å². The summed E-state index contributed by atoms with van der Waals surface area (Å²) >= 11 is 7.64. The van der Waals surface area contributed by atoms with Gasteiger partial charge >= 0.3 is 0 Å². The molecule has 164 valence electrons. The van der Waals surface area contributed by atoms with E-state index in [2.05, 4.69) is 4.98 Å². The van der Waals surface area contributed by atoms with Crippen LogP contribution in [0.3, 0.4) is 0 Å². The molecule has 1 aliphatic heterocycles. The fraction of sp³-hybridized carbons (Fsp3) is 0.364. The number of aryl methyl sites for hydroxylation is 1. The third-order valence-electron chi connectivity index (χ3n) is 5.80. The summed E-state index contributed by atoms with van der Waals surface area (Å²) in [5.41, 5.74) is 4.28. The maximum atomic E-state index is 13.0. The Morgan fingerprint density at radius 1 is 1.29 bits per heavy atom. The number of Topliss-reactive ketones (excluding diaryl/α,β-unsaturated/α-hetero) is 1. The van der Waals surface area contributed by atoms with Gasteiger partial charge in [0.15, 0.2) is 20.8 Å². The van der Waals surface area contributed by atoms with Gasteiger partial charge in [-0.15, -0.1) is 0 Å². The Morgan fingerprint density at radius 3 is 2.77 bits per heavy atom. The molecule has 1 aromatic carbocycles. The Morgan fingerprint density at radius 2 is 2.06 bits per heavy atom. The van der Waals surface area contributed by atoms with Gasteiger partial charge in [0.2, 0.25) is 0 Å². The molecule has 2 aromatic heterocycles. The molecule has 0 saturated carbocycles. The summed E-state index contributed by atoms with van der Waals surface area (Å²) in [7, 11) is -3.00. The van der Waals surface area contributed by atoms with Gasteiger partial charge in [-0.25, -0.2) is 13.4 Å². The highest BCUT2D eigenvalue weighted by Crippen LogP contribution is 2.31. The van der Waals surface area contributed by atoms with Crippen LogP contribution in [0.2, 0.25) is 5.02 Å². The van der Waals surface area contributed by atoms with Gasteiger partial charge in [0, 0.05) is 40.4 Å². The number of nitrogens with zero attached hydrogens (tertiary/aromatic N) is 3. The lowest BCUT2D eigenvalue weighted by Gasteiger charge is -2.16. The van der Waals surface area contributed by atoms with Crippen molar-refractivity contribution in [2.45, 2.75) is 38.4 Å². The number of halogens is 1. The molecule has 6 nitrogen and oxygen atoms in total. The fourth-order valence-corrected chi connectivity index (χ4v) is 6.96. The quantitative estimate of drug-likeness (QED) is 0.383. The number of carbonyl (C=O) groups is 1. The van der Waals surface area contributed by atoms with Crippen LogP contribution in [0, 0.1) is 20.8 Å².